The molecule has 0 saturated carbocycles. The zero-order valence-electron chi connectivity index (χ0n) is 23.8. The van der Waals surface area contributed by atoms with Gasteiger partial charge in [0.2, 0.25) is 0 Å². The van der Waals surface area contributed by atoms with Gasteiger partial charge in [0.15, 0.2) is 29.1 Å². The number of carbonyl (C=O) groups is 3. The highest BCUT2D eigenvalue weighted by Crippen LogP contribution is 2.26. The lowest BCUT2D eigenvalue weighted by atomic mass is 10.1. The maximum Gasteiger partial charge on any atom is 0.407 e. The third-order valence-corrected chi connectivity index (χ3v) is 5.26. The second-order valence-corrected chi connectivity index (χ2v) is 9.98. The van der Waals surface area contributed by atoms with Crippen molar-refractivity contribution in [3.05, 3.63) is 53.6 Å². The van der Waals surface area contributed by atoms with Crippen LogP contribution in [0.2, 0.25) is 0 Å². The summed E-state index contributed by atoms with van der Waals surface area (Å²) in [4.78, 5) is 36.8. The topological polar surface area (TPSA) is 193 Å². The molecule has 1 atom stereocenters. The molecule has 0 radical (unpaired) electrons. The molecule has 0 bridgehead atoms. The smallest absolute Gasteiger partial charge is 0.407 e. The molecule has 230 valence electrons. The summed E-state index contributed by atoms with van der Waals surface area (Å²) in [6, 6.07) is 7.95. The summed E-state index contributed by atoms with van der Waals surface area (Å²) in [7, 11) is 0. The molecule has 0 aliphatic carbocycles. The Morgan fingerprint density at radius 2 is 1.40 bits per heavy atom. The Hall–Kier alpha value is -4.49. The highest BCUT2D eigenvalue weighted by atomic mass is 16.6. The number of rotatable bonds is 15. The zero-order chi connectivity index (χ0) is 31.1. The molecular weight excluding hydrogens is 552 g/mol. The molecule has 0 fully saturated rings. The summed E-state index contributed by atoms with van der Waals surface area (Å²) < 4.78 is 21.2. The number of ether oxygens (including phenoxy) is 4. The van der Waals surface area contributed by atoms with Crippen LogP contribution in [0.3, 0.4) is 0 Å². The van der Waals surface area contributed by atoms with Gasteiger partial charge in [0.1, 0.15) is 5.60 Å². The highest BCUT2D eigenvalue weighted by molar-refractivity contribution is 5.90. The number of aromatic hydroxyl groups is 4. The Morgan fingerprint density at radius 1 is 0.810 bits per heavy atom. The summed E-state index contributed by atoms with van der Waals surface area (Å²) in [5.41, 5.74) is 0.259. The number of esters is 1. The van der Waals surface area contributed by atoms with Crippen LogP contribution in [0.5, 0.6) is 23.0 Å². The zero-order valence-corrected chi connectivity index (χ0v) is 23.8. The van der Waals surface area contributed by atoms with Gasteiger partial charge in [-0.1, -0.05) is 12.1 Å². The largest absolute Gasteiger partial charge is 0.504 e. The number of phenolic OH excluding ortho intramolecular Hbond substituents is 4. The minimum atomic E-state index is -1.28. The SMILES string of the molecule is CC(C)(C)OC(=O)NCCOCCOCCNC(=O)[C@@H](Cc1ccc(O)c(O)c1)OC(=O)/C=C/c1ccc(O)c(O)c1. The van der Waals surface area contributed by atoms with Gasteiger partial charge in [-0.15, -0.1) is 0 Å². The predicted molar refractivity (Wildman–Crippen MR) is 151 cm³/mol. The normalized spacial score (nSPS) is 12.1. The first kappa shape index (κ1) is 33.7. The first-order chi connectivity index (χ1) is 19.8. The monoisotopic (exact) mass is 590 g/mol. The molecule has 13 heteroatoms. The van der Waals surface area contributed by atoms with Crippen LogP contribution in [0, 0.1) is 0 Å². The minimum absolute atomic E-state index is 0.0920. The van der Waals surface area contributed by atoms with E-state index in [0.717, 1.165) is 6.08 Å². The molecule has 13 nitrogen and oxygen atoms in total. The van der Waals surface area contributed by atoms with E-state index in [9.17, 15) is 34.8 Å². The summed E-state index contributed by atoms with van der Waals surface area (Å²) in [5.74, 6) is -2.86. The van der Waals surface area contributed by atoms with Gasteiger partial charge in [0.05, 0.1) is 26.4 Å². The van der Waals surface area contributed by atoms with E-state index in [2.05, 4.69) is 10.6 Å². The summed E-state index contributed by atoms with van der Waals surface area (Å²) in [6.45, 7) is 6.60. The Kier molecular flexibility index (Phi) is 13.4. The molecule has 2 aromatic carbocycles. The van der Waals surface area contributed by atoms with Crippen molar-refractivity contribution in [3.8, 4) is 23.0 Å². The van der Waals surface area contributed by atoms with Crippen LogP contribution in [0.4, 0.5) is 4.79 Å². The molecule has 0 aliphatic heterocycles. The van der Waals surface area contributed by atoms with E-state index in [1.807, 2.05) is 0 Å². The molecule has 42 heavy (non-hydrogen) atoms. The molecule has 2 rings (SSSR count). The number of alkyl carbamates (subject to hydrolysis) is 1. The van der Waals surface area contributed by atoms with Crippen molar-refractivity contribution in [2.45, 2.75) is 38.9 Å². The van der Waals surface area contributed by atoms with Gasteiger partial charge in [0.25, 0.3) is 5.91 Å². The Bertz CT molecular complexity index is 1220. The maximum absolute atomic E-state index is 12.8. The first-order valence-corrected chi connectivity index (χ1v) is 13.2. The fourth-order valence-corrected chi connectivity index (χ4v) is 3.31. The maximum atomic E-state index is 12.8. The lowest BCUT2D eigenvalue weighted by Crippen LogP contribution is -2.40. The fraction of sp³-hybridized carbons (Fsp3) is 0.414. The van der Waals surface area contributed by atoms with Gasteiger partial charge in [-0.05, 0) is 62.2 Å². The van der Waals surface area contributed by atoms with E-state index in [-0.39, 0.29) is 68.9 Å². The summed E-state index contributed by atoms with van der Waals surface area (Å²) in [6.07, 6.45) is 0.502. The Balaban J connectivity index is 1.79. The lowest BCUT2D eigenvalue weighted by molar-refractivity contribution is -0.151. The number of hydrogen-bond acceptors (Lipinski definition) is 11. The number of hydrogen-bond donors (Lipinski definition) is 6. The van der Waals surface area contributed by atoms with Crippen LogP contribution >= 0.6 is 0 Å². The first-order valence-electron chi connectivity index (χ1n) is 13.2. The van der Waals surface area contributed by atoms with E-state index in [0.29, 0.717) is 11.1 Å². The molecular formula is C29H38N2O11. The molecule has 0 unspecified atom stereocenters. The minimum Gasteiger partial charge on any atom is -0.504 e. The van der Waals surface area contributed by atoms with Gasteiger partial charge in [-0.2, -0.15) is 0 Å². The van der Waals surface area contributed by atoms with Crippen LogP contribution in [-0.2, 0) is 35.0 Å². The Labute approximate surface area is 243 Å². The van der Waals surface area contributed by atoms with E-state index in [1.54, 1.807) is 20.8 Å². The van der Waals surface area contributed by atoms with E-state index < -0.39 is 29.7 Å². The molecule has 6 N–H and O–H groups in total. The van der Waals surface area contributed by atoms with Crippen molar-refractivity contribution in [1.29, 1.82) is 0 Å². The van der Waals surface area contributed by atoms with Crippen molar-refractivity contribution in [1.82, 2.24) is 10.6 Å². The van der Waals surface area contributed by atoms with Gasteiger partial charge in [-0.25, -0.2) is 9.59 Å². The third kappa shape index (κ3) is 13.2. The van der Waals surface area contributed by atoms with Crippen LogP contribution in [-0.4, -0.2) is 89.6 Å². The molecule has 0 aromatic heterocycles. The van der Waals surface area contributed by atoms with E-state index >= 15 is 0 Å². The molecule has 0 heterocycles. The quantitative estimate of drug-likeness (QED) is 0.0772. The van der Waals surface area contributed by atoms with Gasteiger partial charge < -0.3 is 50.0 Å². The van der Waals surface area contributed by atoms with Crippen LogP contribution in [0.25, 0.3) is 6.08 Å². The number of phenols is 4. The molecule has 0 saturated heterocycles. The lowest BCUT2D eigenvalue weighted by Gasteiger charge is -2.19. The van der Waals surface area contributed by atoms with Gasteiger partial charge >= 0.3 is 12.1 Å². The fourth-order valence-electron chi connectivity index (χ4n) is 3.31. The van der Waals surface area contributed by atoms with Crippen molar-refractivity contribution in [2.75, 3.05) is 39.5 Å². The number of amides is 2. The molecule has 0 aliphatic rings. The number of carbonyl (C=O) groups excluding carboxylic acids is 3. The highest BCUT2D eigenvalue weighted by Gasteiger charge is 2.23. The van der Waals surface area contributed by atoms with E-state index in [1.165, 1.54) is 42.5 Å². The predicted octanol–water partition coefficient (Wildman–Crippen LogP) is 2.35. The molecule has 0 spiro atoms. The van der Waals surface area contributed by atoms with Crippen molar-refractivity contribution < 1.29 is 53.8 Å². The van der Waals surface area contributed by atoms with Crippen LogP contribution in [0.15, 0.2) is 42.5 Å². The van der Waals surface area contributed by atoms with Crippen LogP contribution in [0.1, 0.15) is 31.9 Å². The second kappa shape index (κ2) is 16.7. The Morgan fingerprint density at radius 3 is 2.00 bits per heavy atom. The summed E-state index contributed by atoms with van der Waals surface area (Å²) >= 11 is 0. The van der Waals surface area contributed by atoms with Crippen molar-refractivity contribution in [2.24, 2.45) is 0 Å². The second-order valence-electron chi connectivity index (χ2n) is 9.98. The standard InChI is InChI=1S/C29H38N2O11/c1-29(2,3)42-28(38)31-11-13-40-15-14-39-12-10-30-27(37)25(18-20-5-8-22(33)24(35)17-20)41-26(36)9-6-19-4-7-21(32)23(34)16-19/h4-9,16-17,25,32-35H,10-15,18H2,1-3H3,(H,30,37)(H,31,38)/b9-6+/t25-/m1/s1. The van der Waals surface area contributed by atoms with Crippen molar-refractivity contribution in [3.63, 3.8) is 0 Å². The van der Waals surface area contributed by atoms with Gasteiger partial charge in [0, 0.05) is 25.6 Å². The third-order valence-electron chi connectivity index (χ3n) is 5.26. The average molecular weight is 591 g/mol. The van der Waals surface area contributed by atoms with Crippen molar-refractivity contribution >= 4 is 24.0 Å². The number of nitrogens with one attached hydrogen (secondary N) is 2. The number of benzene rings is 2. The molecule has 2 aromatic rings. The average Bonchev–Trinajstić information content (AvgIpc) is 2.91. The van der Waals surface area contributed by atoms with Crippen LogP contribution < -0.4 is 10.6 Å². The summed E-state index contributed by atoms with van der Waals surface area (Å²) in [5, 5.41) is 43.5. The van der Waals surface area contributed by atoms with Gasteiger partial charge in [-0.3, -0.25) is 4.79 Å². The van der Waals surface area contributed by atoms with E-state index in [4.69, 9.17) is 18.9 Å². The molecule has 2 amide bonds.